The van der Waals surface area contributed by atoms with Gasteiger partial charge in [0.2, 0.25) is 5.88 Å². The summed E-state index contributed by atoms with van der Waals surface area (Å²) >= 11 is 6.39. The number of piperidine rings is 1. The molecule has 228 valence electrons. The Bertz CT molecular complexity index is 1850. The minimum absolute atomic E-state index is 0.0881. The van der Waals surface area contributed by atoms with Crippen molar-refractivity contribution in [1.82, 2.24) is 29.6 Å². The highest BCUT2D eigenvalue weighted by Gasteiger charge is 2.28. The predicted octanol–water partition coefficient (Wildman–Crippen LogP) is 7.02. The Hall–Kier alpha value is -4.71. The van der Waals surface area contributed by atoms with Crippen molar-refractivity contribution < 1.29 is 23.4 Å². The van der Waals surface area contributed by atoms with Gasteiger partial charge in [-0.2, -0.15) is 5.10 Å². The van der Waals surface area contributed by atoms with Crippen LogP contribution in [0, 0.1) is 5.82 Å². The van der Waals surface area contributed by atoms with Gasteiger partial charge in [-0.15, -0.1) is 0 Å². The summed E-state index contributed by atoms with van der Waals surface area (Å²) < 4.78 is 34.7. The molecule has 2 aromatic carbocycles. The van der Waals surface area contributed by atoms with E-state index >= 15 is 4.39 Å². The van der Waals surface area contributed by atoms with Crippen molar-refractivity contribution in [3.8, 4) is 17.4 Å². The zero-order valence-electron chi connectivity index (χ0n) is 24.7. The molecular formula is C31H31ClFN7O4. The van der Waals surface area contributed by atoms with Crippen molar-refractivity contribution in [2.24, 2.45) is 7.05 Å². The number of carbonyl (C=O) groups excluding carboxylic acids is 1. The number of aryl methyl sites for hydroxylation is 1. The fourth-order valence-corrected chi connectivity index (χ4v) is 5.08. The van der Waals surface area contributed by atoms with Gasteiger partial charge in [0.1, 0.15) is 40.1 Å². The third kappa shape index (κ3) is 6.45. The predicted molar refractivity (Wildman–Crippen MR) is 164 cm³/mol. The Labute approximate surface area is 257 Å². The molecular weight excluding hydrogens is 589 g/mol. The fourth-order valence-electron chi connectivity index (χ4n) is 4.88. The number of benzene rings is 2. The third-order valence-electron chi connectivity index (χ3n) is 6.96. The average Bonchev–Trinajstić information content (AvgIpc) is 3.36. The van der Waals surface area contributed by atoms with Crippen LogP contribution < -0.4 is 14.8 Å². The lowest BCUT2D eigenvalue weighted by atomic mass is 10.1. The number of hydrogen-bond donors (Lipinski definition) is 1. The van der Waals surface area contributed by atoms with E-state index in [1.807, 2.05) is 40.1 Å². The Balaban J connectivity index is 1.15. The molecule has 0 radical (unpaired) electrons. The lowest BCUT2D eigenvalue weighted by molar-refractivity contribution is 0.0123. The maximum atomic E-state index is 15.5. The Morgan fingerprint density at radius 3 is 2.64 bits per heavy atom. The molecule has 6 rings (SSSR count). The third-order valence-corrected chi connectivity index (χ3v) is 7.31. The standard InChI is InChI=1S/C31H31ClFN7O4/c1-31(2,3)44-30(41)40-13-11-19(12-14-40)43-25-10-8-22-28(37-25)29(35-17-34-22)36-21-7-9-24(26(32)27(21)33)42-20-6-5-18-16-39(4)38-23(18)15-20/h5-10,15-17,19H,11-14H2,1-4H3,(H,34,35,36). The monoisotopic (exact) mass is 619 g/mol. The summed E-state index contributed by atoms with van der Waals surface area (Å²) in [4.78, 5) is 27.3. The number of amides is 1. The fraction of sp³-hybridized carbons (Fsp3) is 0.323. The van der Waals surface area contributed by atoms with Gasteiger partial charge in [0.15, 0.2) is 11.6 Å². The minimum Gasteiger partial charge on any atom is -0.474 e. The summed E-state index contributed by atoms with van der Waals surface area (Å²) in [5.74, 6) is 0.581. The molecule has 0 spiro atoms. The summed E-state index contributed by atoms with van der Waals surface area (Å²) in [5, 5.41) is 8.13. The van der Waals surface area contributed by atoms with E-state index in [2.05, 4.69) is 25.4 Å². The van der Waals surface area contributed by atoms with E-state index in [-0.39, 0.29) is 34.5 Å². The van der Waals surface area contributed by atoms with Crippen LogP contribution in [-0.2, 0) is 11.8 Å². The summed E-state index contributed by atoms with van der Waals surface area (Å²) in [6.07, 6.45) is 4.05. The van der Waals surface area contributed by atoms with E-state index in [0.717, 1.165) is 10.9 Å². The molecule has 1 aliphatic heterocycles. The highest BCUT2D eigenvalue weighted by Crippen LogP contribution is 2.37. The van der Waals surface area contributed by atoms with Crippen LogP contribution in [0.5, 0.6) is 17.4 Å². The van der Waals surface area contributed by atoms with E-state index in [9.17, 15) is 4.79 Å². The number of hydrogen-bond acceptors (Lipinski definition) is 9. The molecule has 0 bridgehead atoms. The van der Waals surface area contributed by atoms with Crippen LogP contribution in [0.25, 0.3) is 21.9 Å². The van der Waals surface area contributed by atoms with E-state index in [1.54, 1.807) is 39.9 Å². The van der Waals surface area contributed by atoms with E-state index in [1.165, 1.54) is 12.4 Å². The van der Waals surface area contributed by atoms with E-state index < -0.39 is 11.4 Å². The second kappa shape index (κ2) is 11.8. The first-order valence-electron chi connectivity index (χ1n) is 14.1. The van der Waals surface area contributed by atoms with Crippen molar-refractivity contribution in [3.05, 3.63) is 65.8 Å². The van der Waals surface area contributed by atoms with Crippen molar-refractivity contribution in [2.75, 3.05) is 18.4 Å². The number of anilines is 2. The van der Waals surface area contributed by atoms with Crippen molar-refractivity contribution >= 4 is 51.1 Å². The second-order valence-electron chi connectivity index (χ2n) is 11.5. The zero-order valence-corrected chi connectivity index (χ0v) is 25.4. The van der Waals surface area contributed by atoms with Crippen LogP contribution >= 0.6 is 11.6 Å². The normalized spacial score (nSPS) is 14.2. The highest BCUT2D eigenvalue weighted by molar-refractivity contribution is 6.32. The molecule has 0 unspecified atom stereocenters. The Morgan fingerprint density at radius 2 is 1.86 bits per heavy atom. The van der Waals surface area contributed by atoms with Crippen LogP contribution in [0.3, 0.4) is 0 Å². The van der Waals surface area contributed by atoms with Crippen molar-refractivity contribution in [3.63, 3.8) is 0 Å². The smallest absolute Gasteiger partial charge is 0.410 e. The molecule has 44 heavy (non-hydrogen) atoms. The SMILES string of the molecule is Cn1cc2ccc(Oc3ccc(Nc4ncnc5ccc(OC6CCN(C(=O)OC(C)(C)C)CC6)nc45)c(F)c3Cl)cc2n1. The largest absolute Gasteiger partial charge is 0.474 e. The van der Waals surface area contributed by atoms with Gasteiger partial charge in [-0.1, -0.05) is 11.6 Å². The molecule has 1 N–H and O–H groups in total. The lowest BCUT2D eigenvalue weighted by Gasteiger charge is -2.33. The Kier molecular flexibility index (Phi) is 7.85. The molecule has 1 amide bonds. The first-order valence-corrected chi connectivity index (χ1v) is 14.5. The number of aromatic nitrogens is 5. The number of carbonyl (C=O) groups is 1. The summed E-state index contributed by atoms with van der Waals surface area (Å²) in [6, 6.07) is 12.0. The van der Waals surface area contributed by atoms with Gasteiger partial charge in [-0.3, -0.25) is 4.68 Å². The number of likely N-dealkylation sites (tertiary alicyclic amines) is 1. The molecule has 1 fully saturated rings. The maximum Gasteiger partial charge on any atom is 0.410 e. The summed E-state index contributed by atoms with van der Waals surface area (Å²) in [5.41, 5.74) is 1.23. The van der Waals surface area contributed by atoms with Gasteiger partial charge in [-0.25, -0.2) is 24.1 Å². The quantitative estimate of drug-likeness (QED) is 0.214. The van der Waals surface area contributed by atoms with Gasteiger partial charge in [0.25, 0.3) is 0 Å². The second-order valence-corrected chi connectivity index (χ2v) is 11.9. The molecule has 5 aromatic rings. The molecule has 0 aliphatic carbocycles. The number of halogens is 2. The number of nitrogens with zero attached hydrogens (tertiary/aromatic N) is 6. The topological polar surface area (TPSA) is 117 Å². The minimum atomic E-state index is -0.709. The van der Waals surface area contributed by atoms with Crippen molar-refractivity contribution in [2.45, 2.75) is 45.3 Å². The van der Waals surface area contributed by atoms with Crippen LogP contribution in [0.4, 0.5) is 20.7 Å². The molecule has 3 aromatic heterocycles. The van der Waals surface area contributed by atoms with E-state index in [0.29, 0.717) is 48.6 Å². The summed E-state index contributed by atoms with van der Waals surface area (Å²) in [6.45, 7) is 6.56. The zero-order chi connectivity index (χ0) is 31.0. The number of pyridine rings is 1. The van der Waals surface area contributed by atoms with Gasteiger partial charge < -0.3 is 24.4 Å². The number of fused-ring (bicyclic) bond motifs is 2. The summed E-state index contributed by atoms with van der Waals surface area (Å²) in [7, 11) is 1.84. The van der Waals surface area contributed by atoms with Crippen LogP contribution in [0.1, 0.15) is 33.6 Å². The molecule has 1 aliphatic rings. The molecule has 13 heteroatoms. The molecule has 1 saturated heterocycles. The van der Waals surface area contributed by atoms with Crippen molar-refractivity contribution in [1.29, 1.82) is 0 Å². The van der Waals surface area contributed by atoms with Crippen LogP contribution in [0.2, 0.25) is 5.02 Å². The maximum absolute atomic E-state index is 15.5. The van der Waals surface area contributed by atoms with Gasteiger partial charge in [-0.05, 0) is 51.1 Å². The van der Waals surface area contributed by atoms with E-state index in [4.69, 9.17) is 25.8 Å². The average molecular weight is 620 g/mol. The molecule has 0 atom stereocenters. The number of nitrogens with one attached hydrogen (secondary N) is 1. The van der Waals surface area contributed by atoms with Crippen LogP contribution in [-0.4, -0.2) is 60.5 Å². The molecule has 4 heterocycles. The van der Waals surface area contributed by atoms with Gasteiger partial charge >= 0.3 is 6.09 Å². The number of rotatable bonds is 6. The Morgan fingerprint density at radius 1 is 1.07 bits per heavy atom. The number of ether oxygens (including phenoxy) is 3. The molecule has 11 nitrogen and oxygen atoms in total. The molecule has 0 saturated carbocycles. The highest BCUT2D eigenvalue weighted by atomic mass is 35.5. The first kappa shape index (κ1) is 29.4. The lowest BCUT2D eigenvalue weighted by Crippen LogP contribution is -2.44. The van der Waals surface area contributed by atoms with Gasteiger partial charge in [0, 0.05) is 56.7 Å². The first-order chi connectivity index (χ1) is 21.0. The van der Waals surface area contributed by atoms with Crippen LogP contribution in [0.15, 0.2) is 55.0 Å². The van der Waals surface area contributed by atoms with Gasteiger partial charge in [0.05, 0.1) is 16.7 Å².